The Labute approximate surface area is 248 Å². The maximum Gasteiger partial charge on any atom is 0.151 e. The largest absolute Gasteiger partial charge is 0.385 e. The molecule has 6 nitrogen and oxygen atoms in total. The van der Waals surface area contributed by atoms with E-state index in [1.807, 2.05) is 121 Å². The number of ether oxygens (including phenoxy) is 4. The van der Waals surface area contributed by atoms with E-state index in [-0.39, 0.29) is 13.6 Å². The lowest BCUT2D eigenvalue weighted by Gasteiger charge is -2.18. The van der Waals surface area contributed by atoms with Gasteiger partial charge in [0.1, 0.15) is 25.8 Å². The van der Waals surface area contributed by atoms with Crippen LogP contribution >= 0.6 is 0 Å². The minimum absolute atomic E-state index is 0.0814. The molecule has 0 amide bonds. The number of aliphatic hydroxyl groups is 2. The van der Waals surface area contributed by atoms with E-state index in [2.05, 4.69) is 23.7 Å². The van der Waals surface area contributed by atoms with Crippen molar-refractivity contribution in [1.82, 2.24) is 0 Å². The van der Waals surface area contributed by atoms with Crippen LogP contribution in [0.3, 0.4) is 0 Å². The highest BCUT2D eigenvalue weighted by atomic mass is 16.7. The standard InChI is InChI=1S/2C18H18O3/c2*1-20-14-21-17(13-12-15-8-4-2-5-9-15)18(19)16-10-6-3-7-11-16/h2*2-11,17-19H,14H2,1H3/t17-,18+;17-,18-/m00/s1. The number of methoxy groups -OCH3 is 2. The number of hydrogen-bond donors (Lipinski definition) is 2. The van der Waals surface area contributed by atoms with Gasteiger partial charge in [-0.05, 0) is 35.4 Å². The molecule has 0 spiro atoms. The van der Waals surface area contributed by atoms with Crippen LogP contribution in [0.1, 0.15) is 34.5 Å². The Morgan fingerprint density at radius 1 is 0.500 bits per heavy atom. The van der Waals surface area contributed by atoms with Gasteiger partial charge in [0.05, 0.1) is 0 Å². The molecule has 0 saturated heterocycles. The highest BCUT2D eigenvalue weighted by molar-refractivity contribution is 5.36. The molecule has 2 N–H and O–H groups in total. The predicted octanol–water partition coefficient (Wildman–Crippen LogP) is 5.52. The fourth-order valence-corrected chi connectivity index (χ4v) is 3.71. The van der Waals surface area contributed by atoms with Crippen LogP contribution in [-0.2, 0) is 18.9 Å². The lowest BCUT2D eigenvalue weighted by atomic mass is 10.0. The van der Waals surface area contributed by atoms with Crippen LogP contribution in [0.2, 0.25) is 0 Å². The normalized spacial score (nSPS) is 13.0. The Morgan fingerprint density at radius 2 is 0.810 bits per heavy atom. The van der Waals surface area contributed by atoms with Gasteiger partial charge in [-0.25, -0.2) is 0 Å². The zero-order valence-corrected chi connectivity index (χ0v) is 23.8. The second-order valence-electron chi connectivity index (χ2n) is 8.97. The minimum atomic E-state index is -0.822. The zero-order valence-electron chi connectivity index (χ0n) is 23.8. The molecule has 0 saturated carbocycles. The van der Waals surface area contributed by atoms with Gasteiger partial charge in [0, 0.05) is 25.3 Å². The Balaban J connectivity index is 0.000000230. The van der Waals surface area contributed by atoms with Crippen molar-refractivity contribution in [3.8, 4) is 23.7 Å². The summed E-state index contributed by atoms with van der Waals surface area (Å²) in [5.74, 6) is 12.0. The van der Waals surface area contributed by atoms with Crippen LogP contribution in [0.25, 0.3) is 0 Å². The third kappa shape index (κ3) is 11.3. The summed E-state index contributed by atoms with van der Waals surface area (Å²) >= 11 is 0. The lowest BCUT2D eigenvalue weighted by molar-refractivity contribution is -0.0904. The smallest absolute Gasteiger partial charge is 0.151 e. The average molecular weight is 565 g/mol. The van der Waals surface area contributed by atoms with Gasteiger partial charge in [-0.2, -0.15) is 0 Å². The van der Waals surface area contributed by atoms with Crippen LogP contribution in [0.4, 0.5) is 0 Å². The van der Waals surface area contributed by atoms with E-state index in [0.29, 0.717) is 0 Å². The summed E-state index contributed by atoms with van der Waals surface area (Å²) < 4.78 is 20.8. The van der Waals surface area contributed by atoms with Crippen LogP contribution in [-0.4, -0.2) is 50.2 Å². The van der Waals surface area contributed by atoms with E-state index < -0.39 is 24.4 Å². The molecule has 4 rings (SSSR count). The molecule has 4 aromatic rings. The summed E-state index contributed by atoms with van der Waals surface area (Å²) in [4.78, 5) is 0. The Bertz CT molecular complexity index is 1280. The molecule has 6 heteroatoms. The van der Waals surface area contributed by atoms with E-state index in [0.717, 1.165) is 22.3 Å². The molecule has 0 bridgehead atoms. The monoisotopic (exact) mass is 564 g/mol. The molecule has 4 aromatic carbocycles. The second kappa shape index (κ2) is 19.0. The van der Waals surface area contributed by atoms with Gasteiger partial charge in [0.25, 0.3) is 0 Å². The maximum atomic E-state index is 10.4. The van der Waals surface area contributed by atoms with Crippen molar-refractivity contribution >= 4 is 0 Å². The molecule has 0 aliphatic rings. The van der Waals surface area contributed by atoms with Crippen molar-refractivity contribution < 1.29 is 29.2 Å². The molecule has 216 valence electrons. The van der Waals surface area contributed by atoms with Crippen LogP contribution in [0.5, 0.6) is 0 Å². The average Bonchev–Trinajstić information content (AvgIpc) is 3.06. The number of rotatable bonds is 10. The summed E-state index contributed by atoms with van der Waals surface area (Å²) in [6.07, 6.45) is -2.93. The third-order valence-electron chi connectivity index (χ3n) is 5.85. The van der Waals surface area contributed by atoms with Gasteiger partial charge in [-0.3, -0.25) is 0 Å². The Hall–Kier alpha value is -4.24. The molecule has 42 heavy (non-hydrogen) atoms. The summed E-state index contributed by atoms with van der Waals surface area (Å²) in [6.45, 7) is 0.163. The van der Waals surface area contributed by atoms with Gasteiger partial charge in [0.15, 0.2) is 12.2 Å². The highest BCUT2D eigenvalue weighted by Crippen LogP contribution is 2.20. The van der Waals surface area contributed by atoms with Crippen molar-refractivity contribution in [3.05, 3.63) is 144 Å². The third-order valence-corrected chi connectivity index (χ3v) is 5.85. The first-order valence-corrected chi connectivity index (χ1v) is 13.4. The molecule has 0 aliphatic carbocycles. The first kappa shape index (κ1) is 32.3. The van der Waals surface area contributed by atoms with E-state index in [9.17, 15) is 10.2 Å². The topological polar surface area (TPSA) is 77.4 Å². The summed E-state index contributed by atoms with van der Waals surface area (Å²) in [7, 11) is 3.08. The molecule has 0 heterocycles. The summed E-state index contributed by atoms with van der Waals surface area (Å²) in [6, 6.07) is 37.9. The number of benzene rings is 4. The highest BCUT2D eigenvalue weighted by Gasteiger charge is 2.20. The zero-order chi connectivity index (χ0) is 29.8. The fourth-order valence-electron chi connectivity index (χ4n) is 3.71. The molecule has 0 radical (unpaired) electrons. The molecule has 0 aliphatic heterocycles. The van der Waals surface area contributed by atoms with Crippen molar-refractivity contribution in [2.24, 2.45) is 0 Å². The van der Waals surface area contributed by atoms with Crippen LogP contribution < -0.4 is 0 Å². The minimum Gasteiger partial charge on any atom is -0.385 e. The van der Waals surface area contributed by atoms with Gasteiger partial charge >= 0.3 is 0 Å². The lowest BCUT2D eigenvalue weighted by Crippen LogP contribution is -2.21. The van der Waals surface area contributed by atoms with Gasteiger partial charge in [0.2, 0.25) is 0 Å². The van der Waals surface area contributed by atoms with Crippen molar-refractivity contribution in [3.63, 3.8) is 0 Å². The van der Waals surface area contributed by atoms with Crippen molar-refractivity contribution in [2.75, 3.05) is 27.8 Å². The molecular formula is C36H36O6. The van der Waals surface area contributed by atoms with Gasteiger partial charge < -0.3 is 29.2 Å². The Kier molecular flexibility index (Phi) is 14.6. The Morgan fingerprint density at radius 3 is 1.12 bits per heavy atom. The fraction of sp³-hybridized carbons (Fsp3) is 0.222. The van der Waals surface area contributed by atoms with E-state index in [1.54, 1.807) is 0 Å². The first-order valence-electron chi connectivity index (χ1n) is 13.4. The SMILES string of the molecule is COCO[C@@H](C#Cc1ccccc1)[C@@H](O)c1ccccc1.COCO[C@@H](C#Cc1ccccc1)[C@H](O)c1ccccc1. The van der Waals surface area contributed by atoms with Crippen molar-refractivity contribution in [1.29, 1.82) is 0 Å². The van der Waals surface area contributed by atoms with Crippen LogP contribution in [0, 0.1) is 23.7 Å². The number of aliphatic hydroxyl groups excluding tert-OH is 2. The number of hydrogen-bond acceptors (Lipinski definition) is 6. The van der Waals surface area contributed by atoms with E-state index >= 15 is 0 Å². The maximum absolute atomic E-state index is 10.4. The van der Waals surface area contributed by atoms with Gasteiger partial charge in [-0.1, -0.05) is 121 Å². The molecular weight excluding hydrogens is 528 g/mol. The molecule has 0 fully saturated rings. The van der Waals surface area contributed by atoms with Gasteiger partial charge in [-0.15, -0.1) is 0 Å². The van der Waals surface area contributed by atoms with Crippen molar-refractivity contribution in [2.45, 2.75) is 24.4 Å². The van der Waals surface area contributed by atoms with Crippen LogP contribution in [0.15, 0.2) is 121 Å². The quantitative estimate of drug-likeness (QED) is 0.195. The molecule has 4 atom stereocenters. The first-order chi connectivity index (χ1) is 20.6. The van der Waals surface area contributed by atoms with E-state index in [1.165, 1.54) is 14.2 Å². The molecule has 0 aromatic heterocycles. The summed E-state index contributed by atoms with van der Waals surface area (Å²) in [5, 5.41) is 20.8. The van der Waals surface area contributed by atoms with E-state index in [4.69, 9.17) is 18.9 Å². The summed E-state index contributed by atoms with van der Waals surface area (Å²) in [5.41, 5.74) is 3.29. The predicted molar refractivity (Wildman–Crippen MR) is 163 cm³/mol. The second-order valence-corrected chi connectivity index (χ2v) is 8.97. The molecule has 0 unspecified atom stereocenters.